The maximum atomic E-state index is 12.4. The van der Waals surface area contributed by atoms with Crippen molar-refractivity contribution in [3.05, 3.63) is 59.7 Å². The fraction of sp³-hybridized carbons (Fsp3) is 0.409. The van der Waals surface area contributed by atoms with Crippen molar-refractivity contribution in [2.24, 2.45) is 4.99 Å². The van der Waals surface area contributed by atoms with Crippen LogP contribution in [0.4, 0.5) is 0 Å². The van der Waals surface area contributed by atoms with Gasteiger partial charge in [-0.3, -0.25) is 0 Å². The number of benzene rings is 2. The highest BCUT2D eigenvalue weighted by molar-refractivity contribution is 14.0. The van der Waals surface area contributed by atoms with E-state index in [4.69, 9.17) is 9.47 Å². The first-order valence-electron chi connectivity index (χ1n) is 10.1. The molecule has 10 heteroatoms. The summed E-state index contributed by atoms with van der Waals surface area (Å²) in [5.41, 5.74) is 1.85. The summed E-state index contributed by atoms with van der Waals surface area (Å²) in [4.78, 5) is 6.91. The number of nitrogens with one attached hydrogen (secondary N) is 2. The average Bonchev–Trinajstić information content (AvgIpc) is 2.77. The van der Waals surface area contributed by atoms with Crippen LogP contribution in [0.1, 0.15) is 18.1 Å². The van der Waals surface area contributed by atoms with Gasteiger partial charge in [-0.15, -0.1) is 24.0 Å². The van der Waals surface area contributed by atoms with Gasteiger partial charge in [-0.25, -0.2) is 18.1 Å². The Morgan fingerprint density at radius 3 is 2.56 bits per heavy atom. The number of hydrogen-bond donors (Lipinski definition) is 2. The van der Waals surface area contributed by atoms with Gasteiger partial charge < -0.3 is 19.7 Å². The second-order valence-electron chi connectivity index (χ2n) is 6.88. The van der Waals surface area contributed by atoms with Gasteiger partial charge in [0.15, 0.2) is 5.96 Å². The Balaban J connectivity index is 0.00000512. The summed E-state index contributed by atoms with van der Waals surface area (Å²) >= 11 is 0. The lowest BCUT2D eigenvalue weighted by molar-refractivity contribution is 0.204. The summed E-state index contributed by atoms with van der Waals surface area (Å²) in [6, 6.07) is 14.7. The lowest BCUT2D eigenvalue weighted by Crippen LogP contribution is -2.38. The second kappa shape index (κ2) is 14.3. The Bertz CT molecular complexity index is 970. The molecule has 0 aliphatic heterocycles. The van der Waals surface area contributed by atoms with Crippen LogP contribution >= 0.6 is 24.0 Å². The van der Waals surface area contributed by atoms with E-state index in [0.717, 1.165) is 22.8 Å². The minimum atomic E-state index is -3.59. The van der Waals surface area contributed by atoms with Crippen LogP contribution in [0, 0.1) is 0 Å². The molecular formula is C22H33IN4O4S. The zero-order valence-electron chi connectivity index (χ0n) is 19.0. The topological polar surface area (TPSA) is 92.3 Å². The summed E-state index contributed by atoms with van der Waals surface area (Å²) in [6.45, 7) is 4.22. The van der Waals surface area contributed by atoms with Crippen LogP contribution in [-0.2, 0) is 27.8 Å². The summed E-state index contributed by atoms with van der Waals surface area (Å²) in [6.07, 6.45) is 0. The summed E-state index contributed by atoms with van der Waals surface area (Å²) in [5.74, 6) is 1.55. The molecule has 0 radical (unpaired) electrons. The van der Waals surface area contributed by atoms with E-state index in [1.165, 1.54) is 7.11 Å². The zero-order chi connectivity index (χ0) is 22.7. The molecule has 0 aliphatic carbocycles. The van der Waals surface area contributed by atoms with Crippen molar-refractivity contribution in [1.29, 1.82) is 0 Å². The van der Waals surface area contributed by atoms with Crippen molar-refractivity contribution in [2.75, 3.05) is 41.0 Å². The summed E-state index contributed by atoms with van der Waals surface area (Å²) in [7, 11) is 1.55. The van der Waals surface area contributed by atoms with Gasteiger partial charge in [0.2, 0.25) is 10.0 Å². The van der Waals surface area contributed by atoms with Crippen LogP contribution in [0.5, 0.6) is 5.75 Å². The monoisotopic (exact) mass is 576 g/mol. The van der Waals surface area contributed by atoms with Crippen LogP contribution in [0.15, 0.2) is 58.4 Å². The lowest BCUT2D eigenvalue weighted by Gasteiger charge is -2.23. The van der Waals surface area contributed by atoms with Crippen molar-refractivity contribution in [1.82, 2.24) is 14.9 Å². The summed E-state index contributed by atoms with van der Waals surface area (Å²) in [5, 5.41) is 3.28. The number of guanidine groups is 1. The minimum Gasteiger partial charge on any atom is -0.496 e. The van der Waals surface area contributed by atoms with E-state index in [-0.39, 0.29) is 35.4 Å². The van der Waals surface area contributed by atoms with Gasteiger partial charge >= 0.3 is 0 Å². The zero-order valence-corrected chi connectivity index (χ0v) is 22.1. The maximum Gasteiger partial charge on any atom is 0.240 e. The largest absolute Gasteiger partial charge is 0.496 e. The molecule has 2 rings (SSSR count). The van der Waals surface area contributed by atoms with Gasteiger partial charge in [0.1, 0.15) is 5.75 Å². The Morgan fingerprint density at radius 1 is 1.12 bits per heavy atom. The molecular weight excluding hydrogens is 543 g/mol. The highest BCUT2D eigenvalue weighted by Crippen LogP contribution is 2.19. The standard InChI is InChI=1S/C22H32N4O4S.HI/c1-5-23-22(26(2)17-19-10-6-7-12-21(19)30-4)24-16-18-9-8-11-20(15-18)31(27,28)25-13-14-29-3;/h6-12,15,25H,5,13-14,16-17H2,1-4H3,(H,23,24);1H. The second-order valence-corrected chi connectivity index (χ2v) is 8.64. The number of sulfonamides is 1. The molecule has 0 heterocycles. The summed E-state index contributed by atoms with van der Waals surface area (Å²) < 4.78 is 37.7. The van der Waals surface area contributed by atoms with Crippen LogP contribution < -0.4 is 14.8 Å². The number of rotatable bonds is 11. The number of aliphatic imine (C=N–C) groups is 1. The van der Waals surface area contributed by atoms with E-state index in [1.54, 1.807) is 25.3 Å². The molecule has 2 N–H and O–H groups in total. The number of methoxy groups -OCH3 is 2. The van der Waals surface area contributed by atoms with E-state index in [0.29, 0.717) is 26.2 Å². The quantitative estimate of drug-likeness (QED) is 0.185. The van der Waals surface area contributed by atoms with Crippen LogP contribution in [0.25, 0.3) is 0 Å². The first-order valence-corrected chi connectivity index (χ1v) is 11.6. The Hall–Kier alpha value is -1.89. The van der Waals surface area contributed by atoms with Crippen LogP contribution in [-0.4, -0.2) is 60.2 Å². The third kappa shape index (κ3) is 8.57. The predicted molar refractivity (Wildman–Crippen MR) is 138 cm³/mol. The molecule has 0 saturated carbocycles. The van der Waals surface area contributed by atoms with Crippen molar-refractivity contribution >= 4 is 40.0 Å². The van der Waals surface area contributed by atoms with E-state index in [1.807, 2.05) is 49.2 Å². The smallest absolute Gasteiger partial charge is 0.240 e. The van der Waals surface area contributed by atoms with Crippen molar-refractivity contribution < 1.29 is 17.9 Å². The van der Waals surface area contributed by atoms with E-state index >= 15 is 0 Å². The molecule has 32 heavy (non-hydrogen) atoms. The lowest BCUT2D eigenvalue weighted by atomic mass is 10.2. The fourth-order valence-corrected chi connectivity index (χ4v) is 4.06. The van der Waals surface area contributed by atoms with Crippen molar-refractivity contribution in [2.45, 2.75) is 24.9 Å². The van der Waals surface area contributed by atoms with E-state index < -0.39 is 10.0 Å². The Kier molecular flexibility index (Phi) is 12.6. The molecule has 0 aliphatic rings. The van der Waals surface area contributed by atoms with Gasteiger partial charge in [0.25, 0.3) is 0 Å². The maximum absolute atomic E-state index is 12.4. The van der Waals surface area contributed by atoms with Crippen LogP contribution in [0.2, 0.25) is 0 Å². The molecule has 0 spiro atoms. The van der Waals surface area contributed by atoms with E-state index in [9.17, 15) is 8.42 Å². The van der Waals surface area contributed by atoms with Gasteiger partial charge in [-0.1, -0.05) is 30.3 Å². The highest BCUT2D eigenvalue weighted by Gasteiger charge is 2.14. The fourth-order valence-electron chi connectivity index (χ4n) is 2.97. The Labute approximate surface area is 208 Å². The highest BCUT2D eigenvalue weighted by atomic mass is 127. The molecule has 0 fully saturated rings. The van der Waals surface area contributed by atoms with E-state index in [2.05, 4.69) is 15.0 Å². The van der Waals surface area contributed by atoms with Gasteiger partial charge in [0, 0.05) is 39.4 Å². The number of nitrogens with zero attached hydrogens (tertiary/aromatic N) is 2. The SMILES string of the molecule is CCNC(=NCc1cccc(S(=O)(=O)NCCOC)c1)N(C)Cc1ccccc1OC.I. The van der Waals surface area contributed by atoms with Crippen molar-refractivity contribution in [3.63, 3.8) is 0 Å². The molecule has 0 aromatic heterocycles. The first kappa shape index (κ1) is 28.1. The van der Waals surface area contributed by atoms with Gasteiger partial charge in [0.05, 0.1) is 25.2 Å². The minimum absolute atomic E-state index is 0. The van der Waals surface area contributed by atoms with Crippen LogP contribution in [0.3, 0.4) is 0 Å². The molecule has 8 nitrogen and oxygen atoms in total. The predicted octanol–water partition coefficient (Wildman–Crippen LogP) is 2.84. The van der Waals surface area contributed by atoms with Gasteiger partial charge in [-0.05, 0) is 30.7 Å². The molecule has 2 aromatic rings. The van der Waals surface area contributed by atoms with Gasteiger partial charge in [-0.2, -0.15) is 0 Å². The molecule has 178 valence electrons. The number of ether oxygens (including phenoxy) is 2. The number of halogens is 1. The molecule has 0 atom stereocenters. The molecule has 2 aromatic carbocycles. The third-order valence-corrected chi connectivity index (χ3v) is 5.97. The molecule has 0 unspecified atom stereocenters. The number of para-hydroxylation sites is 1. The molecule has 0 amide bonds. The Morgan fingerprint density at radius 2 is 1.88 bits per heavy atom. The van der Waals surface area contributed by atoms with Crippen molar-refractivity contribution in [3.8, 4) is 5.75 Å². The molecule has 0 saturated heterocycles. The molecule has 0 bridgehead atoms. The third-order valence-electron chi connectivity index (χ3n) is 4.51. The first-order chi connectivity index (χ1) is 14.9. The normalized spacial score (nSPS) is 11.6. The number of hydrogen-bond acceptors (Lipinski definition) is 5. The average molecular weight is 577 g/mol.